The van der Waals surface area contributed by atoms with Crippen LogP contribution in [0.15, 0.2) is 12.7 Å². The van der Waals surface area contributed by atoms with Crippen molar-refractivity contribution in [2.24, 2.45) is 0 Å². The molecule has 0 saturated heterocycles. The average Bonchev–Trinajstić information content (AvgIpc) is 2.49. The number of rotatable bonds is 1. The zero-order valence-electron chi connectivity index (χ0n) is 6.11. The molecule has 5 nitrogen and oxygen atoms in total. The predicted molar refractivity (Wildman–Crippen MR) is 45.6 cm³/mol. The van der Waals surface area contributed by atoms with E-state index in [9.17, 15) is 0 Å². The van der Waals surface area contributed by atoms with Gasteiger partial charge in [-0.15, -0.1) is 11.6 Å². The van der Waals surface area contributed by atoms with E-state index in [0.29, 0.717) is 23.0 Å². The summed E-state index contributed by atoms with van der Waals surface area (Å²) >= 11 is 5.62. The van der Waals surface area contributed by atoms with Gasteiger partial charge in [-0.2, -0.15) is 0 Å². The molecule has 2 heterocycles. The summed E-state index contributed by atoms with van der Waals surface area (Å²) in [6, 6.07) is 0.312. The highest BCUT2D eigenvalue weighted by molar-refractivity contribution is 6.15. The molecule has 2 N–H and O–H groups in total. The Morgan fingerprint density at radius 2 is 2.25 bits per heavy atom. The molecule has 62 valence electrons. The number of fused-ring (bicyclic) bond motifs is 1. The van der Waals surface area contributed by atoms with Crippen LogP contribution >= 0.6 is 11.6 Å². The first kappa shape index (κ1) is 7.30. The molecule has 0 aliphatic carbocycles. The number of hydrogen-bond acceptors (Lipinski definition) is 4. The molecular formula is C6H6ClN5. The van der Waals surface area contributed by atoms with Gasteiger partial charge in [0.2, 0.25) is 0 Å². The van der Waals surface area contributed by atoms with E-state index in [-0.39, 0.29) is 0 Å². The van der Waals surface area contributed by atoms with Crippen LogP contribution in [0, 0.1) is 0 Å². The summed E-state index contributed by atoms with van der Waals surface area (Å²) in [5, 5.41) is 0. The highest BCUT2D eigenvalue weighted by atomic mass is 35.5. The molecule has 0 aliphatic heterocycles. The van der Waals surface area contributed by atoms with E-state index in [1.807, 2.05) is 0 Å². The molecule has 2 aromatic rings. The minimum atomic E-state index is 0.312. The fourth-order valence-corrected chi connectivity index (χ4v) is 1.16. The van der Waals surface area contributed by atoms with Crippen LogP contribution in [0.3, 0.4) is 0 Å². The van der Waals surface area contributed by atoms with E-state index in [1.54, 1.807) is 10.9 Å². The van der Waals surface area contributed by atoms with Crippen molar-refractivity contribution in [1.29, 1.82) is 0 Å². The number of hydrogen-bond donors (Lipinski definition) is 1. The van der Waals surface area contributed by atoms with Gasteiger partial charge in [-0.05, 0) is 0 Å². The average molecular weight is 184 g/mol. The van der Waals surface area contributed by atoms with Crippen LogP contribution in [-0.4, -0.2) is 19.5 Å². The van der Waals surface area contributed by atoms with Gasteiger partial charge in [0.25, 0.3) is 0 Å². The van der Waals surface area contributed by atoms with Gasteiger partial charge < -0.3 is 10.3 Å². The highest BCUT2D eigenvalue weighted by Gasteiger charge is 2.05. The van der Waals surface area contributed by atoms with Crippen molar-refractivity contribution in [1.82, 2.24) is 19.5 Å². The second kappa shape index (κ2) is 2.60. The van der Waals surface area contributed by atoms with E-state index in [4.69, 9.17) is 17.3 Å². The third kappa shape index (κ3) is 0.902. The Hall–Kier alpha value is -1.36. The molecule has 2 aromatic heterocycles. The lowest BCUT2D eigenvalue weighted by atomic mass is 10.5. The molecule has 0 aliphatic rings. The first-order valence-electron chi connectivity index (χ1n) is 3.30. The van der Waals surface area contributed by atoms with Crippen molar-refractivity contribution in [2.45, 2.75) is 6.00 Å². The van der Waals surface area contributed by atoms with Gasteiger partial charge in [0, 0.05) is 0 Å². The van der Waals surface area contributed by atoms with Crippen molar-refractivity contribution in [3.8, 4) is 0 Å². The Balaban J connectivity index is 2.80. The van der Waals surface area contributed by atoms with Crippen molar-refractivity contribution in [3.63, 3.8) is 0 Å². The van der Waals surface area contributed by atoms with Crippen LogP contribution in [-0.2, 0) is 6.00 Å². The van der Waals surface area contributed by atoms with Gasteiger partial charge in [0.05, 0.1) is 6.33 Å². The number of nitrogens with two attached hydrogens (primary N) is 1. The van der Waals surface area contributed by atoms with Crippen molar-refractivity contribution in [2.75, 3.05) is 5.73 Å². The third-order valence-corrected chi connectivity index (χ3v) is 1.82. The van der Waals surface area contributed by atoms with Crippen molar-refractivity contribution in [3.05, 3.63) is 12.7 Å². The molecule has 0 fully saturated rings. The topological polar surface area (TPSA) is 69.6 Å². The van der Waals surface area contributed by atoms with Crippen LogP contribution < -0.4 is 5.73 Å². The first-order valence-corrected chi connectivity index (χ1v) is 3.83. The molecule has 0 aromatic carbocycles. The Kier molecular flexibility index (Phi) is 1.58. The van der Waals surface area contributed by atoms with Crippen LogP contribution in [0.2, 0.25) is 0 Å². The normalized spacial score (nSPS) is 10.8. The molecule has 0 saturated carbocycles. The van der Waals surface area contributed by atoms with Gasteiger partial charge in [-0.25, -0.2) is 15.0 Å². The summed E-state index contributed by atoms with van der Waals surface area (Å²) in [4.78, 5) is 11.8. The molecular weight excluding hydrogens is 178 g/mol. The quantitative estimate of drug-likeness (QED) is 0.658. The number of aromatic nitrogens is 4. The summed E-state index contributed by atoms with van der Waals surface area (Å²) in [5.74, 6) is 0.379. The highest BCUT2D eigenvalue weighted by Crippen LogP contribution is 2.13. The maximum Gasteiger partial charge on any atom is 0.166 e. The standard InChI is InChI=1S/C6H6ClN5/c7-1-12-3-11-4-5(8)9-2-10-6(4)12/h2-3H,1H2,(H2,8,9,10). The molecule has 0 spiro atoms. The number of imidazole rings is 1. The molecule has 12 heavy (non-hydrogen) atoms. The maximum atomic E-state index is 5.62. The zero-order chi connectivity index (χ0) is 8.55. The van der Waals surface area contributed by atoms with Crippen LogP contribution in [0.25, 0.3) is 11.2 Å². The van der Waals surface area contributed by atoms with Crippen molar-refractivity contribution < 1.29 is 0 Å². The zero-order valence-corrected chi connectivity index (χ0v) is 6.86. The smallest absolute Gasteiger partial charge is 0.166 e. The number of anilines is 1. The summed E-state index contributed by atoms with van der Waals surface area (Å²) in [7, 11) is 0. The summed E-state index contributed by atoms with van der Waals surface area (Å²) in [5.41, 5.74) is 6.81. The molecule has 0 amide bonds. The minimum absolute atomic E-state index is 0.312. The number of halogens is 1. The molecule has 0 atom stereocenters. The van der Waals surface area contributed by atoms with E-state index in [0.717, 1.165) is 0 Å². The Morgan fingerprint density at radius 1 is 1.42 bits per heavy atom. The SMILES string of the molecule is Nc1ncnc2c1ncn2CCl. The maximum absolute atomic E-state index is 5.62. The van der Waals surface area contributed by atoms with Gasteiger partial charge in [0.1, 0.15) is 17.8 Å². The molecule has 0 radical (unpaired) electrons. The van der Waals surface area contributed by atoms with Gasteiger partial charge >= 0.3 is 0 Å². The lowest BCUT2D eigenvalue weighted by Gasteiger charge is -1.95. The molecule has 2 rings (SSSR count). The van der Waals surface area contributed by atoms with E-state index in [1.165, 1.54) is 6.33 Å². The summed E-state index contributed by atoms with van der Waals surface area (Å²) in [6.45, 7) is 0. The monoisotopic (exact) mass is 183 g/mol. The molecule has 0 bridgehead atoms. The van der Waals surface area contributed by atoms with Gasteiger partial charge in [-0.3, -0.25) is 0 Å². The number of nitrogen functional groups attached to an aromatic ring is 1. The number of alkyl halides is 1. The number of nitrogens with zero attached hydrogens (tertiary/aromatic N) is 4. The first-order chi connectivity index (χ1) is 5.83. The minimum Gasteiger partial charge on any atom is -0.382 e. The second-order valence-corrected chi connectivity index (χ2v) is 2.50. The largest absolute Gasteiger partial charge is 0.382 e. The summed E-state index contributed by atoms with van der Waals surface area (Å²) in [6.07, 6.45) is 2.98. The second-order valence-electron chi connectivity index (χ2n) is 2.27. The summed E-state index contributed by atoms with van der Waals surface area (Å²) < 4.78 is 1.69. The predicted octanol–water partition coefficient (Wildman–Crippen LogP) is 0.605. The van der Waals surface area contributed by atoms with E-state index >= 15 is 0 Å². The van der Waals surface area contributed by atoms with E-state index < -0.39 is 0 Å². The molecule has 6 heteroatoms. The Bertz CT molecular complexity index is 409. The third-order valence-electron chi connectivity index (χ3n) is 1.56. The van der Waals surface area contributed by atoms with Crippen molar-refractivity contribution >= 4 is 28.6 Å². The lowest BCUT2D eigenvalue weighted by molar-refractivity contribution is 0.896. The molecule has 0 unspecified atom stereocenters. The van der Waals surface area contributed by atoms with Crippen LogP contribution in [0.5, 0.6) is 0 Å². The lowest BCUT2D eigenvalue weighted by Crippen LogP contribution is -1.95. The Morgan fingerprint density at radius 3 is 3.00 bits per heavy atom. The van der Waals surface area contributed by atoms with Crippen LogP contribution in [0.1, 0.15) is 0 Å². The van der Waals surface area contributed by atoms with Crippen LogP contribution in [0.4, 0.5) is 5.82 Å². The Labute approximate surface area is 73.2 Å². The van der Waals surface area contributed by atoms with E-state index in [2.05, 4.69) is 15.0 Å². The fourth-order valence-electron chi connectivity index (χ4n) is 0.986. The van der Waals surface area contributed by atoms with Gasteiger partial charge in [-0.1, -0.05) is 0 Å². The fraction of sp³-hybridized carbons (Fsp3) is 0.167. The van der Waals surface area contributed by atoms with Gasteiger partial charge in [0.15, 0.2) is 11.5 Å².